The standard InChI is InChI=1S/C16H14ClNO3S2/c1-11-13(17)4-2-6-16(11)23(19,20)18-10-12-7-8-14(21-12)15-5-3-9-22-15/h2-9,18H,10H2,1H3. The number of thiophene rings is 1. The Kier molecular flexibility index (Phi) is 4.59. The molecule has 2 heterocycles. The molecule has 23 heavy (non-hydrogen) atoms. The van der Waals surface area contributed by atoms with E-state index in [9.17, 15) is 8.42 Å². The largest absolute Gasteiger partial charge is 0.459 e. The van der Waals surface area contributed by atoms with Crippen molar-refractivity contribution in [3.63, 3.8) is 0 Å². The van der Waals surface area contributed by atoms with Crippen LogP contribution < -0.4 is 4.72 Å². The molecule has 4 nitrogen and oxygen atoms in total. The van der Waals surface area contributed by atoms with Crippen molar-refractivity contribution in [2.45, 2.75) is 18.4 Å². The van der Waals surface area contributed by atoms with E-state index in [2.05, 4.69) is 4.72 Å². The highest BCUT2D eigenvalue weighted by molar-refractivity contribution is 7.89. The normalized spacial score (nSPS) is 11.7. The molecular weight excluding hydrogens is 354 g/mol. The summed E-state index contributed by atoms with van der Waals surface area (Å²) in [5.41, 5.74) is 0.528. The van der Waals surface area contributed by atoms with Gasteiger partial charge in [-0.2, -0.15) is 0 Å². The highest BCUT2D eigenvalue weighted by Gasteiger charge is 2.18. The predicted molar refractivity (Wildman–Crippen MR) is 92.2 cm³/mol. The van der Waals surface area contributed by atoms with E-state index < -0.39 is 10.0 Å². The molecule has 0 saturated heterocycles. The molecule has 0 unspecified atom stereocenters. The lowest BCUT2D eigenvalue weighted by molar-refractivity contribution is 0.510. The van der Waals surface area contributed by atoms with E-state index in [0.717, 1.165) is 10.6 Å². The lowest BCUT2D eigenvalue weighted by Gasteiger charge is -2.09. The molecule has 0 radical (unpaired) electrons. The number of hydrogen-bond donors (Lipinski definition) is 1. The molecule has 0 bridgehead atoms. The van der Waals surface area contributed by atoms with Gasteiger partial charge in [0.25, 0.3) is 0 Å². The van der Waals surface area contributed by atoms with Crippen molar-refractivity contribution in [3.8, 4) is 10.6 Å². The van der Waals surface area contributed by atoms with Crippen molar-refractivity contribution in [3.05, 3.63) is 64.2 Å². The third-order valence-electron chi connectivity index (χ3n) is 3.37. The number of hydrogen-bond acceptors (Lipinski definition) is 4. The molecule has 3 aromatic rings. The maximum Gasteiger partial charge on any atom is 0.241 e. The van der Waals surface area contributed by atoms with Crippen LogP contribution in [-0.4, -0.2) is 8.42 Å². The molecule has 0 amide bonds. The second-order valence-corrected chi connectivity index (χ2v) is 8.02. The van der Waals surface area contributed by atoms with Crippen LogP contribution in [0.5, 0.6) is 0 Å². The molecule has 2 aromatic heterocycles. The molecule has 0 aliphatic carbocycles. The Hall–Kier alpha value is -1.60. The zero-order valence-corrected chi connectivity index (χ0v) is 14.6. The Labute approximate surface area is 143 Å². The van der Waals surface area contributed by atoms with Crippen LogP contribution in [0.25, 0.3) is 10.6 Å². The van der Waals surface area contributed by atoms with Crippen molar-refractivity contribution in [2.24, 2.45) is 0 Å². The average Bonchev–Trinajstić information content (AvgIpc) is 3.18. The van der Waals surface area contributed by atoms with Crippen LogP contribution in [-0.2, 0) is 16.6 Å². The summed E-state index contributed by atoms with van der Waals surface area (Å²) in [6.07, 6.45) is 0. The van der Waals surface area contributed by atoms with Crippen LogP contribution in [0.15, 0.2) is 57.2 Å². The number of halogens is 1. The molecule has 1 N–H and O–H groups in total. The molecule has 3 rings (SSSR count). The van der Waals surface area contributed by atoms with E-state index in [-0.39, 0.29) is 11.4 Å². The summed E-state index contributed by atoms with van der Waals surface area (Å²) in [6.45, 7) is 1.76. The fraction of sp³-hybridized carbons (Fsp3) is 0.125. The van der Waals surface area contributed by atoms with E-state index in [1.807, 2.05) is 23.6 Å². The fourth-order valence-electron chi connectivity index (χ4n) is 2.15. The van der Waals surface area contributed by atoms with Crippen LogP contribution in [0.2, 0.25) is 5.02 Å². The van der Waals surface area contributed by atoms with Crippen molar-refractivity contribution in [1.29, 1.82) is 0 Å². The first kappa shape index (κ1) is 16.3. The monoisotopic (exact) mass is 367 g/mol. The Balaban J connectivity index is 1.76. The number of furan rings is 1. The Morgan fingerprint density at radius 1 is 1.17 bits per heavy atom. The molecule has 0 spiro atoms. The van der Waals surface area contributed by atoms with Crippen LogP contribution >= 0.6 is 22.9 Å². The van der Waals surface area contributed by atoms with Gasteiger partial charge in [-0.25, -0.2) is 13.1 Å². The molecule has 1 aromatic carbocycles. The van der Waals surface area contributed by atoms with Gasteiger partial charge in [0, 0.05) is 5.02 Å². The molecule has 120 valence electrons. The summed E-state index contributed by atoms with van der Waals surface area (Å²) in [5, 5.41) is 2.38. The number of sulfonamides is 1. The third-order valence-corrected chi connectivity index (χ3v) is 6.21. The molecule has 0 aliphatic heterocycles. The van der Waals surface area contributed by atoms with E-state index >= 15 is 0 Å². The van der Waals surface area contributed by atoms with Crippen LogP contribution in [0, 0.1) is 6.92 Å². The zero-order chi connectivity index (χ0) is 16.4. The number of benzene rings is 1. The van der Waals surface area contributed by atoms with Gasteiger partial charge in [0.15, 0.2) is 0 Å². The van der Waals surface area contributed by atoms with E-state index in [1.54, 1.807) is 36.5 Å². The molecule has 0 aliphatic rings. The van der Waals surface area contributed by atoms with Gasteiger partial charge >= 0.3 is 0 Å². The van der Waals surface area contributed by atoms with Crippen molar-refractivity contribution in [2.75, 3.05) is 0 Å². The summed E-state index contributed by atoms with van der Waals surface area (Å²) in [7, 11) is -3.65. The average molecular weight is 368 g/mol. The molecule has 0 saturated carbocycles. The summed E-state index contributed by atoms with van der Waals surface area (Å²) < 4.78 is 33.0. The van der Waals surface area contributed by atoms with E-state index in [0.29, 0.717) is 16.3 Å². The van der Waals surface area contributed by atoms with E-state index in [4.69, 9.17) is 16.0 Å². The molecule has 0 fully saturated rings. The Morgan fingerprint density at radius 3 is 2.74 bits per heavy atom. The fourth-order valence-corrected chi connectivity index (χ4v) is 4.32. The molecule has 7 heteroatoms. The molecule has 0 atom stereocenters. The van der Waals surface area contributed by atoms with Crippen molar-refractivity contribution >= 4 is 33.0 Å². The minimum Gasteiger partial charge on any atom is -0.459 e. The summed E-state index contributed by atoms with van der Waals surface area (Å²) in [4.78, 5) is 1.18. The summed E-state index contributed by atoms with van der Waals surface area (Å²) in [5.74, 6) is 1.28. The smallest absolute Gasteiger partial charge is 0.241 e. The predicted octanol–water partition coefficient (Wildman–Crippen LogP) is 4.45. The van der Waals surface area contributed by atoms with Gasteiger partial charge in [-0.15, -0.1) is 11.3 Å². The van der Waals surface area contributed by atoms with Crippen LogP contribution in [0.1, 0.15) is 11.3 Å². The summed E-state index contributed by atoms with van der Waals surface area (Å²) in [6, 6.07) is 12.3. The maximum atomic E-state index is 12.4. The second kappa shape index (κ2) is 6.49. The van der Waals surface area contributed by atoms with Gasteiger partial charge in [0.1, 0.15) is 11.5 Å². The maximum absolute atomic E-state index is 12.4. The third kappa shape index (κ3) is 3.50. The lowest BCUT2D eigenvalue weighted by atomic mass is 10.2. The van der Waals surface area contributed by atoms with Crippen LogP contribution in [0.3, 0.4) is 0 Å². The highest BCUT2D eigenvalue weighted by atomic mass is 35.5. The van der Waals surface area contributed by atoms with Gasteiger partial charge in [-0.3, -0.25) is 0 Å². The van der Waals surface area contributed by atoms with Gasteiger partial charge in [0.2, 0.25) is 10.0 Å². The first-order valence-electron chi connectivity index (χ1n) is 6.85. The Morgan fingerprint density at radius 2 is 2.00 bits per heavy atom. The van der Waals surface area contributed by atoms with Gasteiger partial charge in [0.05, 0.1) is 16.3 Å². The van der Waals surface area contributed by atoms with Gasteiger partial charge in [-0.1, -0.05) is 23.7 Å². The minimum atomic E-state index is -3.65. The minimum absolute atomic E-state index is 0.0830. The molecular formula is C16H14ClNO3S2. The lowest BCUT2D eigenvalue weighted by Crippen LogP contribution is -2.23. The summed E-state index contributed by atoms with van der Waals surface area (Å²) >= 11 is 7.55. The zero-order valence-electron chi connectivity index (χ0n) is 12.2. The van der Waals surface area contributed by atoms with Gasteiger partial charge < -0.3 is 4.42 Å². The van der Waals surface area contributed by atoms with E-state index in [1.165, 1.54) is 6.07 Å². The number of nitrogens with one attached hydrogen (secondary N) is 1. The highest BCUT2D eigenvalue weighted by Crippen LogP contribution is 2.27. The van der Waals surface area contributed by atoms with Crippen molar-refractivity contribution < 1.29 is 12.8 Å². The first-order chi connectivity index (χ1) is 11.0. The van der Waals surface area contributed by atoms with Crippen LogP contribution in [0.4, 0.5) is 0 Å². The number of rotatable bonds is 5. The SMILES string of the molecule is Cc1c(Cl)cccc1S(=O)(=O)NCc1ccc(-c2cccs2)o1. The quantitative estimate of drug-likeness (QED) is 0.724. The second-order valence-electron chi connectivity index (χ2n) is 4.93. The first-order valence-corrected chi connectivity index (χ1v) is 9.59. The van der Waals surface area contributed by atoms with Gasteiger partial charge in [-0.05, 0) is 48.2 Å². The topological polar surface area (TPSA) is 59.3 Å². The van der Waals surface area contributed by atoms with Crippen molar-refractivity contribution in [1.82, 2.24) is 4.72 Å². The Bertz CT molecular complexity index is 915.